The SMILES string of the molecule is O=C(OC(CS(=O)(=O)[O-])(C(F)(F)F)C(F)(F)F)c1c(I)cc(I)cc1I. The lowest BCUT2D eigenvalue weighted by molar-refractivity contribution is -0.356. The van der Waals surface area contributed by atoms with Crippen molar-refractivity contribution in [3.8, 4) is 0 Å². The first kappa shape index (κ1) is 24.4. The Balaban J connectivity index is 3.59. The zero-order valence-electron chi connectivity index (χ0n) is 11.7. The number of esters is 1. The first-order chi connectivity index (χ1) is 11.4. The number of carbonyl (C=O) groups is 1. The van der Waals surface area contributed by atoms with Crippen LogP contribution >= 0.6 is 67.8 Å². The summed E-state index contributed by atoms with van der Waals surface area (Å²) in [6, 6.07) is 2.57. The Hall–Kier alpha value is 0.370. The largest absolute Gasteiger partial charge is 0.748 e. The van der Waals surface area contributed by atoms with E-state index < -0.39 is 45.4 Å². The molecule has 0 atom stereocenters. The van der Waals surface area contributed by atoms with Crippen molar-refractivity contribution >= 4 is 83.9 Å². The van der Waals surface area contributed by atoms with Gasteiger partial charge >= 0.3 is 23.9 Å². The minimum atomic E-state index is -6.40. The molecule has 26 heavy (non-hydrogen) atoms. The third kappa shape index (κ3) is 5.46. The van der Waals surface area contributed by atoms with Crippen molar-refractivity contribution in [2.75, 3.05) is 5.75 Å². The summed E-state index contributed by atoms with van der Waals surface area (Å²) in [5, 5.41) is 0. The normalized spacial score (nSPS) is 13.6. The highest BCUT2D eigenvalue weighted by molar-refractivity contribution is 14.1. The maximum atomic E-state index is 13.1. The fourth-order valence-electron chi connectivity index (χ4n) is 1.66. The van der Waals surface area contributed by atoms with E-state index in [1.807, 2.05) is 0 Å². The average molecular weight is 743 g/mol. The molecular weight excluding hydrogens is 739 g/mol. The Kier molecular flexibility index (Phi) is 7.52. The number of hydrogen-bond donors (Lipinski definition) is 0. The van der Waals surface area contributed by atoms with Gasteiger partial charge in [0.2, 0.25) is 0 Å². The van der Waals surface area contributed by atoms with Crippen molar-refractivity contribution in [3.05, 3.63) is 28.4 Å². The Morgan fingerprint density at radius 2 is 1.38 bits per heavy atom. The molecule has 1 aromatic rings. The molecule has 0 unspecified atom stereocenters. The van der Waals surface area contributed by atoms with E-state index in [1.54, 1.807) is 22.6 Å². The van der Waals surface area contributed by atoms with E-state index in [1.165, 1.54) is 57.3 Å². The second-order valence-electron chi connectivity index (χ2n) is 4.66. The van der Waals surface area contributed by atoms with E-state index in [0.717, 1.165) is 0 Å². The number of benzene rings is 1. The van der Waals surface area contributed by atoms with Gasteiger partial charge in [-0.3, -0.25) is 0 Å². The van der Waals surface area contributed by atoms with Gasteiger partial charge in [-0.05, 0) is 79.9 Å². The van der Waals surface area contributed by atoms with Gasteiger partial charge in [0.05, 0.1) is 21.4 Å². The first-order valence-corrected chi connectivity index (χ1v) is 10.7. The van der Waals surface area contributed by atoms with E-state index in [9.17, 15) is 44.1 Å². The average Bonchev–Trinajstić information content (AvgIpc) is 2.31. The van der Waals surface area contributed by atoms with Crippen molar-refractivity contribution in [1.29, 1.82) is 0 Å². The van der Waals surface area contributed by atoms with Crippen LogP contribution < -0.4 is 0 Å². The summed E-state index contributed by atoms with van der Waals surface area (Å²) in [7, 11) is -6.08. The number of ether oxygens (including phenoxy) is 1. The second-order valence-corrected chi connectivity index (χ2v) is 9.63. The van der Waals surface area contributed by atoms with Gasteiger partial charge in [0.15, 0.2) is 0 Å². The van der Waals surface area contributed by atoms with Gasteiger partial charge in [0, 0.05) is 10.7 Å². The molecule has 0 radical (unpaired) electrons. The number of alkyl halides is 6. The summed E-state index contributed by atoms with van der Waals surface area (Å²) in [5.74, 6) is -5.09. The molecule has 0 aliphatic carbocycles. The highest BCUT2D eigenvalue weighted by atomic mass is 127. The van der Waals surface area contributed by atoms with Crippen LogP contribution in [0.5, 0.6) is 0 Å². The number of carbonyl (C=O) groups excluding carboxylic acids is 1. The quantitative estimate of drug-likeness (QED) is 0.201. The Bertz CT molecular complexity index is 784. The molecule has 1 aromatic carbocycles. The summed E-state index contributed by atoms with van der Waals surface area (Å²) in [6.07, 6.45) is -12.8. The standard InChI is InChI=1S/C11H5F6I3O5S/c12-10(13,14)9(11(15,16)17,3-26(22,23)24)25-8(21)7-5(19)1-4(18)2-6(7)20/h1-2H,3H2,(H,22,23,24)/p-1. The topological polar surface area (TPSA) is 83.5 Å². The minimum Gasteiger partial charge on any atom is -0.748 e. The third-order valence-electron chi connectivity index (χ3n) is 2.77. The molecule has 0 heterocycles. The van der Waals surface area contributed by atoms with Crippen LogP contribution in [0.25, 0.3) is 0 Å². The maximum Gasteiger partial charge on any atom is 0.438 e. The van der Waals surface area contributed by atoms with E-state index >= 15 is 0 Å². The van der Waals surface area contributed by atoms with Gasteiger partial charge in [-0.1, -0.05) is 0 Å². The first-order valence-electron chi connectivity index (χ1n) is 5.86. The molecule has 1 rings (SSSR count). The molecule has 0 amide bonds. The smallest absolute Gasteiger partial charge is 0.438 e. The van der Waals surface area contributed by atoms with Gasteiger partial charge in [-0.2, -0.15) is 26.3 Å². The summed E-state index contributed by atoms with van der Waals surface area (Å²) in [6.45, 7) is 0. The van der Waals surface area contributed by atoms with Gasteiger partial charge in [-0.15, -0.1) is 0 Å². The Morgan fingerprint density at radius 1 is 1.00 bits per heavy atom. The lowest BCUT2D eigenvalue weighted by Crippen LogP contribution is -2.63. The maximum absolute atomic E-state index is 13.1. The fourth-order valence-corrected chi connectivity index (χ4v) is 6.57. The van der Waals surface area contributed by atoms with Crippen molar-refractivity contribution in [3.63, 3.8) is 0 Å². The molecular formula is C11H4F6I3O5S-. The molecule has 0 fully saturated rings. The molecule has 0 N–H and O–H groups in total. The van der Waals surface area contributed by atoms with Crippen molar-refractivity contribution < 1.29 is 48.8 Å². The second kappa shape index (κ2) is 8.01. The van der Waals surface area contributed by atoms with Crippen LogP contribution in [0, 0.1) is 10.7 Å². The number of rotatable bonds is 4. The summed E-state index contributed by atoms with van der Waals surface area (Å²) < 4.78 is 115. The molecule has 0 saturated carbocycles. The zero-order chi connectivity index (χ0) is 20.7. The van der Waals surface area contributed by atoms with Crippen LogP contribution in [0.1, 0.15) is 10.4 Å². The van der Waals surface area contributed by atoms with E-state index in [-0.39, 0.29) is 7.14 Å². The molecule has 0 spiro atoms. The van der Waals surface area contributed by atoms with E-state index in [0.29, 0.717) is 3.57 Å². The Morgan fingerprint density at radius 3 is 1.69 bits per heavy atom. The molecule has 5 nitrogen and oxygen atoms in total. The van der Waals surface area contributed by atoms with Crippen LogP contribution in [0.4, 0.5) is 26.3 Å². The molecule has 15 heteroatoms. The van der Waals surface area contributed by atoms with Crippen LogP contribution in [-0.2, 0) is 14.9 Å². The number of hydrogen-bond acceptors (Lipinski definition) is 5. The van der Waals surface area contributed by atoms with E-state index in [4.69, 9.17) is 0 Å². The molecule has 148 valence electrons. The predicted molar refractivity (Wildman–Crippen MR) is 99.4 cm³/mol. The van der Waals surface area contributed by atoms with Gasteiger partial charge < -0.3 is 9.29 Å². The molecule has 0 aromatic heterocycles. The minimum absolute atomic E-state index is 0.0212. The third-order valence-corrected chi connectivity index (χ3v) is 5.86. The molecule has 0 bridgehead atoms. The molecule has 0 aliphatic rings. The lowest BCUT2D eigenvalue weighted by atomic mass is 10.1. The van der Waals surface area contributed by atoms with Crippen LogP contribution in [0.2, 0.25) is 0 Å². The highest BCUT2D eigenvalue weighted by Gasteiger charge is 2.75. The fraction of sp³-hybridized carbons (Fsp3) is 0.364. The molecule has 0 aliphatic heterocycles. The molecule has 0 saturated heterocycles. The zero-order valence-corrected chi connectivity index (χ0v) is 19.0. The van der Waals surface area contributed by atoms with Crippen molar-refractivity contribution in [2.24, 2.45) is 0 Å². The van der Waals surface area contributed by atoms with Crippen molar-refractivity contribution in [2.45, 2.75) is 18.0 Å². The summed E-state index contributed by atoms with van der Waals surface area (Å²) >= 11 is 4.79. The predicted octanol–water partition coefficient (Wildman–Crippen LogP) is 4.07. The highest BCUT2D eigenvalue weighted by Crippen LogP contribution is 2.47. The van der Waals surface area contributed by atoms with Crippen LogP contribution in [-0.4, -0.2) is 42.6 Å². The van der Waals surface area contributed by atoms with Crippen molar-refractivity contribution in [1.82, 2.24) is 0 Å². The van der Waals surface area contributed by atoms with Gasteiger partial charge in [-0.25, -0.2) is 13.2 Å². The Labute approximate surface area is 183 Å². The summed E-state index contributed by atoms with van der Waals surface area (Å²) in [5.41, 5.74) is -6.11. The van der Waals surface area contributed by atoms with Crippen LogP contribution in [0.3, 0.4) is 0 Å². The van der Waals surface area contributed by atoms with Gasteiger partial charge in [0.1, 0.15) is 0 Å². The monoisotopic (exact) mass is 743 g/mol. The number of halogens is 9. The van der Waals surface area contributed by atoms with Gasteiger partial charge in [0.25, 0.3) is 0 Å². The summed E-state index contributed by atoms with van der Waals surface area (Å²) in [4.78, 5) is 12.1. The van der Waals surface area contributed by atoms with Crippen LogP contribution in [0.15, 0.2) is 12.1 Å². The lowest BCUT2D eigenvalue weighted by Gasteiger charge is -2.37. The van der Waals surface area contributed by atoms with E-state index in [2.05, 4.69) is 4.74 Å².